The lowest BCUT2D eigenvalue weighted by molar-refractivity contribution is 0.331. The molecule has 0 spiro atoms. The van der Waals surface area contributed by atoms with Crippen LogP contribution in [-0.2, 0) is 6.42 Å². The molecule has 1 saturated heterocycles. The molecule has 1 aliphatic heterocycles. The highest BCUT2D eigenvalue weighted by molar-refractivity contribution is 7.09. The Labute approximate surface area is 107 Å². The van der Waals surface area contributed by atoms with Crippen LogP contribution in [0.2, 0.25) is 0 Å². The van der Waals surface area contributed by atoms with Crippen molar-refractivity contribution in [1.82, 2.24) is 15.2 Å². The van der Waals surface area contributed by atoms with Gasteiger partial charge in [0.05, 0.1) is 5.01 Å². The first kappa shape index (κ1) is 11.6. The minimum Gasteiger partial charge on any atom is -0.310 e. The van der Waals surface area contributed by atoms with E-state index in [0.29, 0.717) is 0 Å². The first-order chi connectivity index (χ1) is 8.29. The molecule has 0 bridgehead atoms. The normalized spacial score (nSPS) is 25.6. The van der Waals surface area contributed by atoms with Crippen molar-refractivity contribution < 1.29 is 0 Å². The number of nitrogens with one attached hydrogen (secondary N) is 1. The Morgan fingerprint density at radius 1 is 1.41 bits per heavy atom. The zero-order valence-corrected chi connectivity index (χ0v) is 11.3. The van der Waals surface area contributed by atoms with Gasteiger partial charge in [-0.3, -0.25) is 0 Å². The van der Waals surface area contributed by atoms with E-state index in [-0.39, 0.29) is 0 Å². The van der Waals surface area contributed by atoms with Gasteiger partial charge in [0.25, 0.3) is 0 Å². The molecule has 2 fully saturated rings. The summed E-state index contributed by atoms with van der Waals surface area (Å²) >= 11 is 1.80. The smallest absolute Gasteiger partial charge is 0.0940 e. The number of hydrogen-bond acceptors (Lipinski definition) is 4. The molecule has 1 saturated carbocycles. The lowest BCUT2D eigenvalue weighted by Crippen LogP contribution is -2.34. The first-order valence-corrected chi connectivity index (χ1v) is 7.57. The van der Waals surface area contributed by atoms with Crippen molar-refractivity contribution >= 4 is 11.3 Å². The van der Waals surface area contributed by atoms with Gasteiger partial charge in [-0.15, -0.1) is 11.3 Å². The molecular formula is C13H21N3S. The van der Waals surface area contributed by atoms with Crippen LogP contribution in [0, 0.1) is 6.92 Å². The third-order valence-corrected chi connectivity index (χ3v) is 4.66. The van der Waals surface area contributed by atoms with E-state index in [4.69, 9.17) is 0 Å². The topological polar surface area (TPSA) is 28.2 Å². The first-order valence-electron chi connectivity index (χ1n) is 6.69. The number of aromatic nitrogens is 1. The number of likely N-dealkylation sites (tertiary alicyclic amines) is 1. The zero-order chi connectivity index (χ0) is 11.7. The lowest BCUT2D eigenvalue weighted by atomic mass is 10.2. The van der Waals surface area contributed by atoms with E-state index in [0.717, 1.165) is 18.5 Å². The van der Waals surface area contributed by atoms with Gasteiger partial charge >= 0.3 is 0 Å². The Kier molecular flexibility index (Phi) is 3.45. The van der Waals surface area contributed by atoms with Gasteiger partial charge in [-0.05, 0) is 32.7 Å². The predicted molar refractivity (Wildman–Crippen MR) is 71.6 cm³/mol. The molecule has 1 aromatic heterocycles. The van der Waals surface area contributed by atoms with Crippen molar-refractivity contribution in [3.63, 3.8) is 0 Å². The standard InChI is InChI=1S/C13H21N3S/c1-10-9-17-13(14-10)5-7-16-6-4-12(8-16)15-11-2-3-11/h9,11-12,15H,2-8H2,1H3. The summed E-state index contributed by atoms with van der Waals surface area (Å²) < 4.78 is 0. The molecule has 2 heterocycles. The van der Waals surface area contributed by atoms with Gasteiger partial charge in [0.15, 0.2) is 0 Å². The Bertz CT molecular complexity index is 372. The summed E-state index contributed by atoms with van der Waals surface area (Å²) in [6.07, 6.45) is 5.24. The molecule has 1 aliphatic carbocycles. The van der Waals surface area contributed by atoms with E-state index in [1.807, 2.05) is 0 Å². The molecule has 94 valence electrons. The largest absolute Gasteiger partial charge is 0.310 e. The average Bonchev–Trinajstić information content (AvgIpc) is 2.84. The van der Waals surface area contributed by atoms with Crippen LogP contribution in [-0.4, -0.2) is 41.6 Å². The number of nitrogens with zero attached hydrogens (tertiary/aromatic N) is 2. The summed E-state index contributed by atoms with van der Waals surface area (Å²) in [5, 5.41) is 7.17. The van der Waals surface area contributed by atoms with Crippen LogP contribution in [0.4, 0.5) is 0 Å². The SMILES string of the molecule is Cc1csc(CCN2CCC(NC3CC3)C2)n1. The van der Waals surface area contributed by atoms with E-state index in [1.54, 1.807) is 11.3 Å². The van der Waals surface area contributed by atoms with Gasteiger partial charge in [-0.2, -0.15) is 0 Å². The summed E-state index contributed by atoms with van der Waals surface area (Å²) in [5.74, 6) is 0. The summed E-state index contributed by atoms with van der Waals surface area (Å²) in [4.78, 5) is 7.11. The van der Waals surface area contributed by atoms with Crippen LogP contribution in [0.15, 0.2) is 5.38 Å². The number of aryl methyl sites for hydroxylation is 1. The molecule has 1 N–H and O–H groups in total. The van der Waals surface area contributed by atoms with E-state index < -0.39 is 0 Å². The van der Waals surface area contributed by atoms with Crippen LogP contribution in [0.5, 0.6) is 0 Å². The highest BCUT2D eigenvalue weighted by atomic mass is 32.1. The second kappa shape index (κ2) is 5.04. The Hall–Kier alpha value is -0.450. The third kappa shape index (κ3) is 3.27. The molecule has 2 aliphatic rings. The molecule has 17 heavy (non-hydrogen) atoms. The second-order valence-electron chi connectivity index (χ2n) is 5.36. The maximum atomic E-state index is 4.53. The minimum absolute atomic E-state index is 0.750. The predicted octanol–water partition coefficient (Wildman–Crippen LogP) is 1.82. The quantitative estimate of drug-likeness (QED) is 0.865. The molecule has 3 rings (SSSR count). The average molecular weight is 251 g/mol. The van der Waals surface area contributed by atoms with Crippen molar-refractivity contribution in [2.24, 2.45) is 0 Å². The third-order valence-electron chi connectivity index (χ3n) is 3.63. The summed E-state index contributed by atoms with van der Waals surface area (Å²) in [5.41, 5.74) is 1.17. The van der Waals surface area contributed by atoms with Crippen molar-refractivity contribution in [3.05, 3.63) is 16.1 Å². The Balaban J connectivity index is 1.40. The van der Waals surface area contributed by atoms with Crippen molar-refractivity contribution in [3.8, 4) is 0 Å². The van der Waals surface area contributed by atoms with Gasteiger partial charge in [0.2, 0.25) is 0 Å². The van der Waals surface area contributed by atoms with Crippen LogP contribution in [0.1, 0.15) is 30.0 Å². The summed E-state index contributed by atoms with van der Waals surface area (Å²) in [7, 11) is 0. The van der Waals surface area contributed by atoms with Gasteiger partial charge in [-0.25, -0.2) is 4.98 Å². The monoisotopic (exact) mass is 251 g/mol. The minimum atomic E-state index is 0.750. The molecular weight excluding hydrogens is 230 g/mol. The Morgan fingerprint density at radius 2 is 2.29 bits per heavy atom. The van der Waals surface area contributed by atoms with Crippen LogP contribution >= 0.6 is 11.3 Å². The highest BCUT2D eigenvalue weighted by Gasteiger charge is 2.28. The van der Waals surface area contributed by atoms with E-state index in [2.05, 4.69) is 27.5 Å². The maximum absolute atomic E-state index is 4.53. The van der Waals surface area contributed by atoms with Crippen LogP contribution in [0.3, 0.4) is 0 Å². The number of hydrogen-bond donors (Lipinski definition) is 1. The van der Waals surface area contributed by atoms with Crippen molar-refractivity contribution in [1.29, 1.82) is 0 Å². The van der Waals surface area contributed by atoms with Gasteiger partial charge < -0.3 is 10.2 Å². The molecule has 1 atom stereocenters. The van der Waals surface area contributed by atoms with Crippen LogP contribution in [0.25, 0.3) is 0 Å². The zero-order valence-electron chi connectivity index (χ0n) is 10.5. The van der Waals surface area contributed by atoms with E-state index >= 15 is 0 Å². The van der Waals surface area contributed by atoms with E-state index in [9.17, 15) is 0 Å². The molecule has 4 heteroatoms. The molecule has 0 amide bonds. The fourth-order valence-corrected chi connectivity index (χ4v) is 3.29. The van der Waals surface area contributed by atoms with Gasteiger partial charge in [-0.1, -0.05) is 0 Å². The molecule has 1 aromatic rings. The van der Waals surface area contributed by atoms with Crippen molar-refractivity contribution in [2.75, 3.05) is 19.6 Å². The molecule has 0 radical (unpaired) electrons. The lowest BCUT2D eigenvalue weighted by Gasteiger charge is -2.15. The fraction of sp³-hybridized carbons (Fsp3) is 0.769. The van der Waals surface area contributed by atoms with E-state index in [1.165, 1.54) is 49.6 Å². The molecule has 0 aromatic carbocycles. The fourth-order valence-electron chi connectivity index (χ4n) is 2.53. The molecule has 1 unspecified atom stereocenters. The second-order valence-corrected chi connectivity index (χ2v) is 6.30. The Morgan fingerprint density at radius 3 is 3.00 bits per heavy atom. The number of thiazole rings is 1. The van der Waals surface area contributed by atoms with Gasteiger partial charge in [0.1, 0.15) is 0 Å². The summed E-state index contributed by atoms with van der Waals surface area (Å²) in [6, 6.07) is 1.60. The van der Waals surface area contributed by atoms with Crippen molar-refractivity contribution in [2.45, 2.75) is 44.7 Å². The van der Waals surface area contributed by atoms with Gasteiger partial charge in [0, 0.05) is 42.7 Å². The summed E-state index contributed by atoms with van der Waals surface area (Å²) in [6.45, 7) is 5.75. The number of rotatable bonds is 5. The molecule has 3 nitrogen and oxygen atoms in total. The maximum Gasteiger partial charge on any atom is 0.0940 e. The highest BCUT2D eigenvalue weighted by Crippen LogP contribution is 2.22. The van der Waals surface area contributed by atoms with Crippen LogP contribution < -0.4 is 5.32 Å².